The summed E-state index contributed by atoms with van der Waals surface area (Å²) in [7, 11) is 0. The number of fused-ring (bicyclic) bond motifs is 1. The van der Waals surface area contributed by atoms with Gasteiger partial charge in [0.1, 0.15) is 11.4 Å². The number of carbonyl (C=O) groups is 2. The molecule has 0 bridgehead atoms. The van der Waals surface area contributed by atoms with Crippen LogP contribution in [0.15, 0.2) is 138 Å². The Hall–Kier alpha value is -5.10. The van der Waals surface area contributed by atoms with Crippen LogP contribution in [0.2, 0.25) is 0 Å². The van der Waals surface area contributed by atoms with Gasteiger partial charge in [-0.1, -0.05) is 97.1 Å². The predicted octanol–water partition coefficient (Wildman–Crippen LogP) is 5.87. The zero-order chi connectivity index (χ0) is 27.8. The van der Waals surface area contributed by atoms with Crippen molar-refractivity contribution in [3.8, 4) is 5.75 Å². The molecule has 3 aliphatic heterocycles. The molecule has 0 aliphatic carbocycles. The topological polar surface area (TPSA) is 61.9 Å². The third-order valence-electron chi connectivity index (χ3n) is 7.93. The smallest absolute Gasteiger partial charge is 0.290 e. The molecule has 3 heterocycles. The lowest BCUT2D eigenvalue weighted by Gasteiger charge is -2.28. The second kappa shape index (κ2) is 10.5. The average molecular weight is 540 g/mol. The molecule has 0 spiro atoms. The van der Waals surface area contributed by atoms with Crippen molar-refractivity contribution in [2.75, 3.05) is 18.4 Å². The van der Waals surface area contributed by atoms with Crippen molar-refractivity contribution in [3.63, 3.8) is 0 Å². The maximum atomic E-state index is 14.0. The van der Waals surface area contributed by atoms with Gasteiger partial charge in [0.15, 0.2) is 5.76 Å². The van der Waals surface area contributed by atoms with Crippen molar-refractivity contribution in [1.82, 2.24) is 9.80 Å². The summed E-state index contributed by atoms with van der Waals surface area (Å²) in [4.78, 5) is 31.4. The first-order valence-electron chi connectivity index (χ1n) is 13.9. The molecule has 6 heteroatoms. The first-order chi connectivity index (χ1) is 20.2. The van der Waals surface area contributed by atoms with Crippen LogP contribution in [0.25, 0.3) is 0 Å². The van der Waals surface area contributed by atoms with Crippen LogP contribution in [0.1, 0.15) is 22.6 Å². The number of hydrogen-bond donors (Lipinski definition) is 1. The summed E-state index contributed by atoms with van der Waals surface area (Å²) in [5.74, 6) is 0.601. The summed E-state index contributed by atoms with van der Waals surface area (Å²) in [6.45, 7) is 1.88. The van der Waals surface area contributed by atoms with Crippen LogP contribution in [0.5, 0.6) is 5.75 Å². The van der Waals surface area contributed by atoms with E-state index in [4.69, 9.17) is 4.74 Å². The Balaban J connectivity index is 1.30. The van der Waals surface area contributed by atoms with Crippen LogP contribution in [0, 0.1) is 0 Å². The van der Waals surface area contributed by atoms with Crippen molar-refractivity contribution >= 4 is 17.5 Å². The molecule has 41 heavy (non-hydrogen) atoms. The molecule has 202 valence electrons. The van der Waals surface area contributed by atoms with Gasteiger partial charge in [-0.3, -0.25) is 9.59 Å². The van der Waals surface area contributed by atoms with Crippen molar-refractivity contribution in [2.45, 2.75) is 19.0 Å². The minimum absolute atomic E-state index is 0.0516. The Morgan fingerprint density at radius 2 is 1.17 bits per heavy atom. The number of anilines is 1. The van der Waals surface area contributed by atoms with E-state index in [1.807, 2.05) is 125 Å². The van der Waals surface area contributed by atoms with E-state index in [1.165, 1.54) is 0 Å². The van der Waals surface area contributed by atoms with E-state index in [-0.39, 0.29) is 17.7 Å². The number of benzene rings is 4. The monoisotopic (exact) mass is 539 g/mol. The normalized spacial score (nSPS) is 18.0. The molecule has 0 unspecified atom stereocenters. The fourth-order valence-corrected chi connectivity index (χ4v) is 6.02. The zero-order valence-corrected chi connectivity index (χ0v) is 22.5. The Bertz CT molecular complexity index is 1680. The van der Waals surface area contributed by atoms with Gasteiger partial charge in [0.25, 0.3) is 11.8 Å². The largest absolute Gasteiger partial charge is 0.451 e. The molecule has 0 aromatic heterocycles. The molecular formula is C35H29N3O3. The van der Waals surface area contributed by atoms with Crippen LogP contribution in [0.3, 0.4) is 0 Å². The van der Waals surface area contributed by atoms with Gasteiger partial charge in [-0.15, -0.1) is 0 Å². The summed E-state index contributed by atoms with van der Waals surface area (Å²) in [5.41, 5.74) is 6.36. The van der Waals surface area contributed by atoms with Gasteiger partial charge in [0, 0.05) is 48.9 Å². The molecule has 4 aromatic carbocycles. The maximum absolute atomic E-state index is 14.0. The van der Waals surface area contributed by atoms with Gasteiger partial charge in [-0.05, 0) is 34.9 Å². The fraction of sp³-hybridized carbons (Fsp3) is 0.143. The van der Waals surface area contributed by atoms with Crippen LogP contribution in [0.4, 0.5) is 5.69 Å². The lowest BCUT2D eigenvalue weighted by molar-refractivity contribution is -0.128. The lowest BCUT2D eigenvalue weighted by atomic mass is 9.82. The second-order valence-corrected chi connectivity index (χ2v) is 10.6. The minimum Gasteiger partial charge on any atom is -0.451 e. The Labute approximate surface area is 239 Å². The molecular weight excluding hydrogens is 510 g/mol. The number of rotatable bonds is 7. The summed E-state index contributed by atoms with van der Waals surface area (Å²) in [5, 5.41) is 3.45. The highest BCUT2D eigenvalue weighted by atomic mass is 16.5. The number of amides is 2. The summed E-state index contributed by atoms with van der Waals surface area (Å²) in [6.07, 6.45) is 0. The van der Waals surface area contributed by atoms with Gasteiger partial charge in [0.2, 0.25) is 0 Å². The molecule has 1 N–H and O–H groups in total. The first kappa shape index (κ1) is 24.9. The number of nitrogens with zero attached hydrogens (tertiary/aromatic N) is 2. The molecule has 6 nitrogen and oxygen atoms in total. The van der Waals surface area contributed by atoms with E-state index in [2.05, 4.69) is 5.32 Å². The highest BCUT2D eigenvalue weighted by molar-refractivity contribution is 6.01. The number of ether oxygens (including phenoxy) is 1. The van der Waals surface area contributed by atoms with Crippen molar-refractivity contribution in [1.29, 1.82) is 0 Å². The molecule has 0 fully saturated rings. The van der Waals surface area contributed by atoms with Gasteiger partial charge in [-0.2, -0.15) is 0 Å². The van der Waals surface area contributed by atoms with Gasteiger partial charge in [0.05, 0.1) is 0 Å². The predicted molar refractivity (Wildman–Crippen MR) is 158 cm³/mol. The minimum atomic E-state index is -0.268. The standard InChI is InChI=1S/C35H29N3O3/c39-34-32(36-26-16-8-3-9-17-26)28(22-37(34)20-24-12-4-1-5-13-24)31-27-18-10-11-19-30(27)41-33-29(31)23-38(35(33)40)21-25-14-6-2-7-15-25/h1-19,31,36H,20-23H2/t31-/m1/s1. The van der Waals surface area contributed by atoms with Crippen LogP contribution in [-0.2, 0) is 22.7 Å². The number of hydrogen-bond acceptors (Lipinski definition) is 4. The summed E-state index contributed by atoms with van der Waals surface area (Å²) < 4.78 is 6.28. The highest BCUT2D eigenvalue weighted by Crippen LogP contribution is 2.48. The van der Waals surface area contributed by atoms with Crippen LogP contribution in [-0.4, -0.2) is 34.7 Å². The third kappa shape index (κ3) is 4.67. The average Bonchev–Trinajstić information content (AvgIpc) is 3.48. The molecule has 0 saturated heterocycles. The van der Waals surface area contributed by atoms with Crippen molar-refractivity contribution in [3.05, 3.63) is 155 Å². The van der Waals surface area contributed by atoms with Crippen LogP contribution >= 0.6 is 0 Å². The van der Waals surface area contributed by atoms with Crippen molar-refractivity contribution < 1.29 is 14.3 Å². The molecule has 1 atom stereocenters. The van der Waals surface area contributed by atoms with E-state index in [9.17, 15) is 9.59 Å². The Kier molecular flexibility index (Phi) is 6.36. The number of nitrogens with one attached hydrogen (secondary N) is 1. The van der Waals surface area contributed by atoms with Gasteiger partial charge in [-0.25, -0.2) is 0 Å². The molecule has 7 rings (SSSR count). The molecule has 3 aliphatic rings. The molecule has 2 amide bonds. The number of carbonyl (C=O) groups excluding carboxylic acids is 2. The second-order valence-electron chi connectivity index (χ2n) is 10.6. The number of para-hydroxylation sites is 2. The van der Waals surface area contributed by atoms with Crippen molar-refractivity contribution in [2.24, 2.45) is 0 Å². The lowest BCUT2D eigenvalue weighted by Crippen LogP contribution is -2.28. The third-order valence-corrected chi connectivity index (χ3v) is 7.93. The van der Waals surface area contributed by atoms with E-state index in [1.54, 1.807) is 0 Å². The molecule has 0 saturated carbocycles. The highest BCUT2D eigenvalue weighted by Gasteiger charge is 2.45. The van der Waals surface area contributed by atoms with Crippen LogP contribution < -0.4 is 10.1 Å². The van der Waals surface area contributed by atoms with E-state index >= 15 is 0 Å². The SMILES string of the molecule is O=C1C(Nc2ccccc2)=C([C@@H]2C3=C(Oc4ccccc42)C(=O)N(Cc2ccccc2)C3)CN1Cc1ccccc1. The first-order valence-corrected chi connectivity index (χ1v) is 13.9. The van der Waals surface area contributed by atoms with E-state index < -0.39 is 0 Å². The van der Waals surface area contributed by atoms with E-state index in [0.29, 0.717) is 43.4 Å². The zero-order valence-electron chi connectivity index (χ0n) is 22.5. The Morgan fingerprint density at radius 1 is 0.634 bits per heavy atom. The molecule has 0 radical (unpaired) electrons. The maximum Gasteiger partial charge on any atom is 0.290 e. The summed E-state index contributed by atoms with van der Waals surface area (Å²) in [6, 6.07) is 37.7. The van der Waals surface area contributed by atoms with Gasteiger partial charge >= 0.3 is 0 Å². The Morgan fingerprint density at radius 3 is 1.83 bits per heavy atom. The van der Waals surface area contributed by atoms with E-state index in [0.717, 1.165) is 33.5 Å². The fourth-order valence-electron chi connectivity index (χ4n) is 6.02. The quantitative estimate of drug-likeness (QED) is 0.319. The van der Waals surface area contributed by atoms with Gasteiger partial charge < -0.3 is 19.9 Å². The molecule has 4 aromatic rings. The summed E-state index contributed by atoms with van der Waals surface area (Å²) >= 11 is 0.